The van der Waals surface area contributed by atoms with Crippen LogP contribution in [0.2, 0.25) is 5.02 Å². The van der Waals surface area contributed by atoms with Crippen molar-refractivity contribution in [3.8, 4) is 0 Å². The Balaban J connectivity index is 1.57. The topological polar surface area (TPSA) is 55.4 Å². The molecule has 0 heterocycles. The van der Waals surface area contributed by atoms with E-state index in [4.69, 9.17) is 16.3 Å². The summed E-state index contributed by atoms with van der Waals surface area (Å²) >= 11 is 5.82. The van der Waals surface area contributed by atoms with Crippen molar-refractivity contribution in [1.82, 2.24) is 0 Å². The van der Waals surface area contributed by atoms with Crippen LogP contribution in [-0.4, -0.2) is 18.5 Å². The Morgan fingerprint density at radius 3 is 2.75 bits per heavy atom. The second kappa shape index (κ2) is 7.01. The molecule has 0 fully saturated rings. The summed E-state index contributed by atoms with van der Waals surface area (Å²) in [6.45, 7) is -0.469. The second-order valence-electron chi connectivity index (χ2n) is 5.59. The summed E-state index contributed by atoms with van der Waals surface area (Å²) in [7, 11) is 0. The van der Waals surface area contributed by atoms with Crippen LogP contribution >= 0.6 is 11.6 Å². The van der Waals surface area contributed by atoms with Crippen molar-refractivity contribution in [2.75, 3.05) is 11.9 Å². The van der Waals surface area contributed by atoms with Crippen molar-refractivity contribution in [2.45, 2.75) is 19.3 Å². The minimum Gasteiger partial charge on any atom is -0.452 e. The second-order valence-corrected chi connectivity index (χ2v) is 5.99. The van der Waals surface area contributed by atoms with E-state index in [1.807, 2.05) is 18.2 Å². The maximum Gasteiger partial charge on any atom is 0.340 e. The van der Waals surface area contributed by atoms with Gasteiger partial charge in [0.05, 0.1) is 10.6 Å². The van der Waals surface area contributed by atoms with Gasteiger partial charge in [-0.25, -0.2) is 9.18 Å². The molecule has 0 bridgehead atoms. The van der Waals surface area contributed by atoms with E-state index in [1.165, 1.54) is 17.2 Å². The van der Waals surface area contributed by atoms with E-state index in [9.17, 15) is 14.0 Å². The van der Waals surface area contributed by atoms with Crippen LogP contribution in [0, 0.1) is 5.82 Å². The summed E-state index contributed by atoms with van der Waals surface area (Å²) in [5.41, 5.74) is 3.10. The molecule has 1 aliphatic rings. The highest BCUT2D eigenvalue weighted by molar-refractivity contribution is 6.33. The molecule has 0 unspecified atom stereocenters. The summed E-state index contributed by atoms with van der Waals surface area (Å²) in [6.07, 6.45) is 3.19. The number of aryl methyl sites for hydroxylation is 2. The van der Waals surface area contributed by atoms with Crippen molar-refractivity contribution in [2.24, 2.45) is 0 Å². The van der Waals surface area contributed by atoms with Gasteiger partial charge in [0.2, 0.25) is 0 Å². The lowest BCUT2D eigenvalue weighted by Crippen LogP contribution is -2.21. The Labute approximate surface area is 143 Å². The summed E-state index contributed by atoms with van der Waals surface area (Å²) in [6, 6.07) is 9.14. The zero-order chi connectivity index (χ0) is 17.1. The van der Waals surface area contributed by atoms with Gasteiger partial charge in [0.15, 0.2) is 6.61 Å². The molecule has 6 heteroatoms. The number of rotatable bonds is 4. The van der Waals surface area contributed by atoms with Crippen LogP contribution in [-0.2, 0) is 22.4 Å². The molecule has 0 saturated heterocycles. The maximum atomic E-state index is 13.2. The molecule has 124 valence electrons. The summed E-state index contributed by atoms with van der Waals surface area (Å²) in [5, 5.41) is 2.75. The number of fused-ring (bicyclic) bond motifs is 1. The number of nitrogens with one attached hydrogen (secondary N) is 1. The Hall–Kier alpha value is -2.40. The fourth-order valence-electron chi connectivity index (χ4n) is 2.71. The molecule has 0 saturated carbocycles. The van der Waals surface area contributed by atoms with Crippen LogP contribution < -0.4 is 5.32 Å². The number of amides is 1. The predicted octanol–water partition coefficient (Wildman–Crippen LogP) is 3.76. The van der Waals surface area contributed by atoms with E-state index in [0.29, 0.717) is 5.69 Å². The van der Waals surface area contributed by atoms with E-state index >= 15 is 0 Å². The molecule has 3 rings (SSSR count). The molecule has 1 N–H and O–H groups in total. The normalized spacial score (nSPS) is 12.6. The third-order valence-electron chi connectivity index (χ3n) is 3.86. The predicted molar refractivity (Wildman–Crippen MR) is 88.8 cm³/mol. The molecule has 0 atom stereocenters. The van der Waals surface area contributed by atoms with E-state index in [0.717, 1.165) is 31.4 Å². The average molecular weight is 348 g/mol. The first-order valence-electron chi connectivity index (χ1n) is 7.57. The fraction of sp³-hybridized carbons (Fsp3) is 0.222. The van der Waals surface area contributed by atoms with Gasteiger partial charge in [-0.1, -0.05) is 17.7 Å². The maximum absolute atomic E-state index is 13.2. The van der Waals surface area contributed by atoms with Crippen LogP contribution in [0.4, 0.5) is 10.1 Å². The van der Waals surface area contributed by atoms with Gasteiger partial charge in [-0.05, 0) is 60.7 Å². The number of hydrogen-bond acceptors (Lipinski definition) is 3. The standard InChI is InChI=1S/C18H15ClFNO3/c19-16-7-5-13(20)9-15(16)18(23)24-10-17(22)21-14-6-4-11-2-1-3-12(11)8-14/h4-9H,1-3,10H2,(H,21,22). The molecule has 2 aromatic rings. The smallest absolute Gasteiger partial charge is 0.340 e. The van der Waals surface area contributed by atoms with Crippen LogP contribution in [0.15, 0.2) is 36.4 Å². The van der Waals surface area contributed by atoms with Gasteiger partial charge in [-0.2, -0.15) is 0 Å². The largest absolute Gasteiger partial charge is 0.452 e. The number of esters is 1. The fourth-order valence-corrected chi connectivity index (χ4v) is 2.90. The molecule has 1 amide bonds. The average Bonchev–Trinajstić information content (AvgIpc) is 3.02. The first-order valence-corrected chi connectivity index (χ1v) is 7.94. The first kappa shape index (κ1) is 16.5. The number of anilines is 1. The molecular weight excluding hydrogens is 333 g/mol. The van der Waals surface area contributed by atoms with E-state index < -0.39 is 24.3 Å². The van der Waals surface area contributed by atoms with Gasteiger partial charge in [-0.15, -0.1) is 0 Å². The number of carbonyl (C=O) groups is 2. The lowest BCUT2D eigenvalue weighted by Gasteiger charge is -2.09. The van der Waals surface area contributed by atoms with Crippen LogP contribution in [0.5, 0.6) is 0 Å². The Bertz CT molecular complexity index is 807. The first-order chi connectivity index (χ1) is 11.5. The number of carbonyl (C=O) groups excluding carboxylic acids is 2. The molecule has 0 aromatic heterocycles. The van der Waals surface area contributed by atoms with Gasteiger partial charge < -0.3 is 10.1 Å². The summed E-state index contributed by atoms with van der Waals surface area (Å²) in [5.74, 6) is -1.91. The molecule has 0 radical (unpaired) electrons. The van der Waals surface area contributed by atoms with E-state index in [1.54, 1.807) is 0 Å². The molecule has 0 spiro atoms. The highest BCUT2D eigenvalue weighted by Gasteiger charge is 2.16. The number of benzene rings is 2. The molecule has 2 aromatic carbocycles. The lowest BCUT2D eigenvalue weighted by atomic mass is 10.1. The lowest BCUT2D eigenvalue weighted by molar-refractivity contribution is -0.119. The van der Waals surface area contributed by atoms with E-state index in [-0.39, 0.29) is 10.6 Å². The van der Waals surface area contributed by atoms with Crippen LogP contribution in [0.25, 0.3) is 0 Å². The van der Waals surface area contributed by atoms with Crippen molar-refractivity contribution in [1.29, 1.82) is 0 Å². The van der Waals surface area contributed by atoms with Crippen molar-refractivity contribution in [3.63, 3.8) is 0 Å². The van der Waals surface area contributed by atoms with E-state index in [2.05, 4.69) is 5.32 Å². The number of hydrogen-bond donors (Lipinski definition) is 1. The Morgan fingerprint density at radius 1 is 1.12 bits per heavy atom. The van der Waals surface area contributed by atoms with Crippen molar-refractivity contribution in [3.05, 3.63) is 63.9 Å². The molecule has 0 aliphatic heterocycles. The van der Waals surface area contributed by atoms with Crippen LogP contribution in [0.1, 0.15) is 27.9 Å². The monoisotopic (exact) mass is 347 g/mol. The summed E-state index contributed by atoms with van der Waals surface area (Å²) in [4.78, 5) is 23.8. The summed E-state index contributed by atoms with van der Waals surface area (Å²) < 4.78 is 18.0. The van der Waals surface area contributed by atoms with Crippen molar-refractivity contribution >= 4 is 29.2 Å². The number of halogens is 2. The van der Waals surface area contributed by atoms with Gasteiger partial charge in [-0.3, -0.25) is 4.79 Å². The highest BCUT2D eigenvalue weighted by atomic mass is 35.5. The van der Waals surface area contributed by atoms with Gasteiger partial charge in [0.25, 0.3) is 5.91 Å². The van der Waals surface area contributed by atoms with Gasteiger partial charge in [0, 0.05) is 5.69 Å². The molecular formula is C18H15ClFNO3. The minimum absolute atomic E-state index is 0.0698. The highest BCUT2D eigenvalue weighted by Crippen LogP contribution is 2.25. The third-order valence-corrected chi connectivity index (χ3v) is 4.19. The number of ether oxygens (including phenoxy) is 1. The van der Waals surface area contributed by atoms with Gasteiger partial charge >= 0.3 is 5.97 Å². The Kier molecular flexibility index (Phi) is 4.81. The zero-order valence-corrected chi connectivity index (χ0v) is 13.5. The quantitative estimate of drug-likeness (QED) is 0.857. The van der Waals surface area contributed by atoms with Crippen molar-refractivity contribution < 1.29 is 18.7 Å². The van der Waals surface area contributed by atoms with Gasteiger partial charge in [0.1, 0.15) is 5.82 Å². The molecule has 24 heavy (non-hydrogen) atoms. The minimum atomic E-state index is -0.844. The van der Waals surface area contributed by atoms with Crippen LogP contribution in [0.3, 0.4) is 0 Å². The zero-order valence-electron chi connectivity index (χ0n) is 12.8. The molecule has 4 nitrogen and oxygen atoms in total. The third kappa shape index (κ3) is 3.74. The molecule has 1 aliphatic carbocycles. The SMILES string of the molecule is O=C(COC(=O)c1cc(F)ccc1Cl)Nc1ccc2c(c1)CCC2. The Morgan fingerprint density at radius 2 is 1.92 bits per heavy atom.